The van der Waals surface area contributed by atoms with E-state index in [9.17, 15) is 4.79 Å². The fourth-order valence-electron chi connectivity index (χ4n) is 3.11. The van der Waals surface area contributed by atoms with Crippen LogP contribution in [0.25, 0.3) is 0 Å². The molecule has 0 N–H and O–H groups in total. The second kappa shape index (κ2) is 8.20. The van der Waals surface area contributed by atoms with Gasteiger partial charge in [0.25, 0.3) is 5.91 Å². The number of carbonyl (C=O) groups is 1. The fraction of sp³-hybridized carbons (Fsp3) is 0.588. The van der Waals surface area contributed by atoms with Crippen molar-refractivity contribution in [2.45, 2.75) is 13.5 Å². The summed E-state index contributed by atoms with van der Waals surface area (Å²) in [5.41, 5.74) is 2.08. The smallest absolute Gasteiger partial charge is 0.272 e. The Hall–Kier alpha value is -1.90. The number of hydrogen-bond acceptors (Lipinski definition) is 5. The topological polar surface area (TPSA) is 68.4 Å². The van der Waals surface area contributed by atoms with E-state index in [1.54, 1.807) is 27.5 Å². The van der Waals surface area contributed by atoms with Crippen molar-refractivity contribution in [3.05, 3.63) is 34.4 Å². The van der Waals surface area contributed by atoms with Gasteiger partial charge in [0.1, 0.15) is 11.4 Å². The third-order valence-corrected chi connectivity index (χ3v) is 4.81. The van der Waals surface area contributed by atoms with Crippen LogP contribution in [0.1, 0.15) is 21.9 Å². The average Bonchev–Trinajstić information content (AvgIpc) is 3.11. The van der Waals surface area contributed by atoms with Gasteiger partial charge in [-0.25, -0.2) is 0 Å². The molecule has 0 aliphatic carbocycles. The Morgan fingerprint density at radius 3 is 2.62 bits per heavy atom. The number of amides is 1. The number of aryl methyl sites for hydroxylation is 3. The van der Waals surface area contributed by atoms with Crippen LogP contribution in [0.5, 0.6) is 0 Å². The number of ether oxygens (including phenoxy) is 1. The van der Waals surface area contributed by atoms with E-state index in [0.29, 0.717) is 29.5 Å². The second-order valence-electron chi connectivity index (χ2n) is 6.57. The number of halogens is 1. The summed E-state index contributed by atoms with van der Waals surface area (Å²) in [5.74, 6) is -0.0666. The van der Waals surface area contributed by atoms with Crippen LogP contribution in [0.3, 0.4) is 0 Å². The molecule has 26 heavy (non-hydrogen) atoms. The number of rotatable bonds is 6. The maximum absolute atomic E-state index is 13.1. The van der Waals surface area contributed by atoms with Gasteiger partial charge in [0.05, 0.1) is 30.5 Å². The molecule has 0 spiro atoms. The molecule has 1 aliphatic rings. The van der Waals surface area contributed by atoms with Gasteiger partial charge in [-0.15, -0.1) is 0 Å². The third kappa shape index (κ3) is 4.44. The van der Waals surface area contributed by atoms with Gasteiger partial charge in [-0.1, -0.05) is 11.6 Å². The second-order valence-corrected chi connectivity index (χ2v) is 6.98. The number of aromatic nitrogens is 4. The van der Waals surface area contributed by atoms with Gasteiger partial charge in [0.15, 0.2) is 0 Å². The van der Waals surface area contributed by atoms with Crippen molar-refractivity contribution in [3.8, 4) is 0 Å². The summed E-state index contributed by atoms with van der Waals surface area (Å²) in [6.45, 7) is 6.88. The zero-order valence-electron chi connectivity index (χ0n) is 15.5. The summed E-state index contributed by atoms with van der Waals surface area (Å²) in [5, 5.41) is 9.24. The molecule has 2 aromatic heterocycles. The Kier molecular flexibility index (Phi) is 5.95. The van der Waals surface area contributed by atoms with E-state index in [1.807, 2.05) is 20.0 Å². The highest BCUT2D eigenvalue weighted by molar-refractivity contribution is 6.31. The summed E-state index contributed by atoms with van der Waals surface area (Å²) >= 11 is 6.26. The highest BCUT2D eigenvalue weighted by atomic mass is 35.5. The van der Waals surface area contributed by atoms with Gasteiger partial charge in [-0.2, -0.15) is 10.2 Å². The molecule has 3 rings (SSSR count). The lowest BCUT2D eigenvalue weighted by Crippen LogP contribution is -2.43. The fourth-order valence-corrected chi connectivity index (χ4v) is 3.34. The zero-order chi connectivity index (χ0) is 18.7. The normalized spacial score (nSPS) is 15.4. The highest BCUT2D eigenvalue weighted by Gasteiger charge is 2.23. The lowest BCUT2D eigenvalue weighted by atomic mass is 10.3. The first-order valence-corrected chi connectivity index (χ1v) is 9.10. The van der Waals surface area contributed by atoms with E-state index in [-0.39, 0.29) is 5.91 Å². The summed E-state index contributed by atoms with van der Waals surface area (Å²) < 4.78 is 8.68. The molecule has 8 nitrogen and oxygen atoms in total. The SMILES string of the molecule is Cc1cc(C(=O)N(CCN2CCOCC2)Cc2nn(C)cc2Cl)n(C)n1. The molecule has 0 atom stereocenters. The Morgan fingerprint density at radius 1 is 1.31 bits per heavy atom. The standard InChI is InChI=1S/C17H25ClN6O2/c1-13-10-16(22(3)19-13)17(25)24(5-4-23-6-8-26-9-7-23)12-15-14(18)11-21(2)20-15/h10-11H,4-9,12H2,1-3H3. The Morgan fingerprint density at radius 2 is 2.04 bits per heavy atom. The third-order valence-electron chi connectivity index (χ3n) is 4.49. The molecular formula is C17H25ClN6O2. The minimum absolute atomic E-state index is 0.0666. The van der Waals surface area contributed by atoms with Crippen LogP contribution in [0.15, 0.2) is 12.3 Å². The van der Waals surface area contributed by atoms with Crippen LogP contribution >= 0.6 is 11.6 Å². The van der Waals surface area contributed by atoms with E-state index in [1.165, 1.54) is 0 Å². The Labute approximate surface area is 158 Å². The number of morpholine rings is 1. The Balaban J connectivity index is 1.76. The maximum atomic E-state index is 13.1. The van der Waals surface area contributed by atoms with Gasteiger partial charge in [0, 0.05) is 46.5 Å². The molecule has 1 fully saturated rings. The predicted octanol–water partition coefficient (Wildman–Crippen LogP) is 1.09. The molecule has 1 aliphatic heterocycles. The van der Waals surface area contributed by atoms with Crippen molar-refractivity contribution in [1.82, 2.24) is 29.4 Å². The maximum Gasteiger partial charge on any atom is 0.272 e. The van der Waals surface area contributed by atoms with Gasteiger partial charge in [-0.05, 0) is 13.0 Å². The monoisotopic (exact) mass is 380 g/mol. The first kappa shape index (κ1) is 18.9. The van der Waals surface area contributed by atoms with Crippen LogP contribution in [0.4, 0.5) is 0 Å². The summed E-state index contributed by atoms with van der Waals surface area (Å²) in [7, 11) is 3.61. The molecule has 0 aromatic carbocycles. The first-order valence-electron chi connectivity index (χ1n) is 8.72. The van der Waals surface area contributed by atoms with Gasteiger partial charge >= 0.3 is 0 Å². The van der Waals surface area contributed by atoms with Crippen LogP contribution in [0, 0.1) is 6.92 Å². The van der Waals surface area contributed by atoms with E-state index >= 15 is 0 Å². The van der Waals surface area contributed by atoms with E-state index < -0.39 is 0 Å². The van der Waals surface area contributed by atoms with Crippen molar-refractivity contribution in [3.63, 3.8) is 0 Å². The number of hydrogen-bond donors (Lipinski definition) is 0. The summed E-state index contributed by atoms with van der Waals surface area (Å²) in [4.78, 5) is 17.2. The number of carbonyl (C=O) groups excluding carboxylic acids is 1. The molecule has 3 heterocycles. The molecule has 1 saturated heterocycles. The molecule has 2 aromatic rings. The van der Waals surface area contributed by atoms with Crippen LogP contribution in [-0.4, -0.2) is 74.7 Å². The largest absolute Gasteiger partial charge is 0.379 e. The number of nitrogens with zero attached hydrogens (tertiary/aromatic N) is 6. The molecule has 142 valence electrons. The molecule has 0 bridgehead atoms. The van der Waals surface area contributed by atoms with Crippen LogP contribution in [-0.2, 0) is 25.4 Å². The van der Waals surface area contributed by atoms with Gasteiger partial charge in [-0.3, -0.25) is 19.1 Å². The quantitative estimate of drug-likeness (QED) is 0.750. The predicted molar refractivity (Wildman–Crippen MR) is 98.2 cm³/mol. The van der Waals surface area contributed by atoms with E-state index in [2.05, 4.69) is 15.1 Å². The van der Waals surface area contributed by atoms with Gasteiger partial charge < -0.3 is 9.64 Å². The molecule has 9 heteroatoms. The van der Waals surface area contributed by atoms with Crippen LogP contribution in [0.2, 0.25) is 5.02 Å². The van der Waals surface area contributed by atoms with Crippen molar-refractivity contribution in [2.75, 3.05) is 39.4 Å². The first-order chi connectivity index (χ1) is 12.4. The molecule has 0 unspecified atom stereocenters. The Bertz CT molecular complexity index is 765. The van der Waals surface area contributed by atoms with Gasteiger partial charge in [0.2, 0.25) is 0 Å². The van der Waals surface area contributed by atoms with Crippen molar-refractivity contribution < 1.29 is 9.53 Å². The molecular weight excluding hydrogens is 356 g/mol. The average molecular weight is 381 g/mol. The van der Waals surface area contributed by atoms with Crippen LogP contribution < -0.4 is 0 Å². The lowest BCUT2D eigenvalue weighted by Gasteiger charge is -2.30. The minimum atomic E-state index is -0.0666. The van der Waals surface area contributed by atoms with Crippen molar-refractivity contribution in [1.29, 1.82) is 0 Å². The molecule has 0 radical (unpaired) electrons. The zero-order valence-corrected chi connectivity index (χ0v) is 16.2. The van der Waals surface area contributed by atoms with Crippen molar-refractivity contribution in [2.24, 2.45) is 14.1 Å². The van der Waals surface area contributed by atoms with Crippen molar-refractivity contribution >= 4 is 17.5 Å². The molecule has 0 saturated carbocycles. The van der Waals surface area contributed by atoms with E-state index in [4.69, 9.17) is 16.3 Å². The summed E-state index contributed by atoms with van der Waals surface area (Å²) in [6, 6.07) is 1.81. The lowest BCUT2D eigenvalue weighted by molar-refractivity contribution is 0.0318. The molecule has 1 amide bonds. The minimum Gasteiger partial charge on any atom is -0.379 e. The summed E-state index contributed by atoms with van der Waals surface area (Å²) in [6.07, 6.45) is 1.75. The highest BCUT2D eigenvalue weighted by Crippen LogP contribution is 2.17. The van der Waals surface area contributed by atoms with E-state index in [0.717, 1.165) is 38.5 Å².